The average molecular weight is 366 g/mol. The first-order chi connectivity index (χ1) is 13.2. The Morgan fingerprint density at radius 1 is 1.07 bits per heavy atom. The van der Waals surface area contributed by atoms with E-state index in [4.69, 9.17) is 9.47 Å². The topological polar surface area (TPSA) is 42.0 Å². The molecule has 1 amide bonds. The molecular formula is C22H26N2O3. The summed E-state index contributed by atoms with van der Waals surface area (Å²) < 4.78 is 10.7. The summed E-state index contributed by atoms with van der Waals surface area (Å²) in [5.41, 5.74) is 2.36. The average Bonchev–Trinajstić information content (AvgIpc) is 3.20. The number of benzene rings is 2. The molecule has 1 saturated heterocycles. The van der Waals surface area contributed by atoms with Crippen molar-refractivity contribution in [3.63, 3.8) is 0 Å². The number of para-hydroxylation sites is 1. The summed E-state index contributed by atoms with van der Waals surface area (Å²) in [7, 11) is 2.15. The summed E-state index contributed by atoms with van der Waals surface area (Å²) in [6.45, 7) is 1.95. The minimum Gasteiger partial charge on any atom is -0.454 e. The van der Waals surface area contributed by atoms with Gasteiger partial charge in [-0.2, -0.15) is 0 Å². The number of carbonyl (C=O) groups excluding carboxylic acids is 1. The van der Waals surface area contributed by atoms with Gasteiger partial charge in [-0.3, -0.25) is 4.79 Å². The van der Waals surface area contributed by atoms with Crippen molar-refractivity contribution in [1.82, 2.24) is 4.90 Å². The fourth-order valence-corrected chi connectivity index (χ4v) is 3.88. The highest BCUT2D eigenvalue weighted by atomic mass is 16.7. The van der Waals surface area contributed by atoms with E-state index in [0.29, 0.717) is 12.5 Å². The number of hydrogen-bond donors (Lipinski definition) is 0. The van der Waals surface area contributed by atoms with Crippen LogP contribution in [-0.2, 0) is 11.2 Å². The lowest BCUT2D eigenvalue weighted by Crippen LogP contribution is -2.45. The zero-order valence-corrected chi connectivity index (χ0v) is 15.8. The predicted molar refractivity (Wildman–Crippen MR) is 105 cm³/mol. The summed E-state index contributed by atoms with van der Waals surface area (Å²) in [6, 6.07) is 16.9. The maximum Gasteiger partial charge on any atom is 0.231 e. The molecule has 2 aliphatic heterocycles. The molecule has 27 heavy (non-hydrogen) atoms. The molecule has 0 unspecified atom stereocenters. The molecule has 0 spiro atoms. The Kier molecular flexibility index (Phi) is 5.19. The number of rotatable bonds is 5. The molecule has 2 heterocycles. The van der Waals surface area contributed by atoms with Gasteiger partial charge in [0.05, 0.1) is 0 Å². The van der Waals surface area contributed by atoms with Crippen molar-refractivity contribution >= 4 is 11.6 Å². The summed E-state index contributed by atoms with van der Waals surface area (Å²) >= 11 is 0. The summed E-state index contributed by atoms with van der Waals surface area (Å²) in [5.74, 6) is 1.81. The largest absolute Gasteiger partial charge is 0.454 e. The van der Waals surface area contributed by atoms with E-state index in [1.807, 2.05) is 29.2 Å². The molecule has 0 N–H and O–H groups in total. The van der Waals surface area contributed by atoms with Crippen LogP contribution in [0.15, 0.2) is 48.5 Å². The van der Waals surface area contributed by atoms with Gasteiger partial charge in [-0.1, -0.05) is 24.3 Å². The second-order valence-corrected chi connectivity index (χ2v) is 7.25. The van der Waals surface area contributed by atoms with Crippen molar-refractivity contribution in [2.75, 3.05) is 31.8 Å². The minimum absolute atomic E-state index is 0.244. The van der Waals surface area contributed by atoms with Crippen molar-refractivity contribution in [2.45, 2.75) is 31.7 Å². The van der Waals surface area contributed by atoms with Crippen LogP contribution in [0.4, 0.5) is 5.69 Å². The number of ether oxygens (including phenoxy) is 2. The number of fused-ring (bicyclic) bond motifs is 1. The molecule has 5 nitrogen and oxygen atoms in total. The number of aryl methyl sites for hydroxylation is 1. The van der Waals surface area contributed by atoms with E-state index < -0.39 is 0 Å². The van der Waals surface area contributed by atoms with Crippen molar-refractivity contribution in [1.29, 1.82) is 0 Å². The molecule has 0 atom stereocenters. The molecule has 0 radical (unpaired) electrons. The van der Waals surface area contributed by atoms with Gasteiger partial charge in [0.15, 0.2) is 11.5 Å². The van der Waals surface area contributed by atoms with Crippen molar-refractivity contribution < 1.29 is 14.3 Å². The summed E-state index contributed by atoms with van der Waals surface area (Å²) in [4.78, 5) is 17.0. The molecule has 2 aliphatic rings. The first-order valence-electron chi connectivity index (χ1n) is 9.65. The number of hydrogen-bond acceptors (Lipinski definition) is 4. The Hall–Kier alpha value is -2.69. The monoisotopic (exact) mass is 366 g/mol. The number of nitrogens with zero attached hydrogens (tertiary/aromatic N) is 2. The highest BCUT2D eigenvalue weighted by Crippen LogP contribution is 2.32. The molecule has 2 aromatic rings. The number of anilines is 1. The number of amides is 1. The lowest BCUT2D eigenvalue weighted by atomic mass is 10.0. The van der Waals surface area contributed by atoms with Crippen LogP contribution in [0.1, 0.15) is 24.8 Å². The lowest BCUT2D eigenvalue weighted by molar-refractivity contribution is -0.132. The van der Waals surface area contributed by atoms with E-state index >= 15 is 0 Å². The molecule has 142 valence electrons. The minimum atomic E-state index is 0.244. The third kappa shape index (κ3) is 4.02. The van der Waals surface area contributed by atoms with Crippen molar-refractivity contribution in [3.8, 4) is 11.5 Å². The fourth-order valence-electron chi connectivity index (χ4n) is 3.88. The van der Waals surface area contributed by atoms with Crippen LogP contribution in [0.25, 0.3) is 0 Å². The summed E-state index contributed by atoms with van der Waals surface area (Å²) in [6.07, 6.45) is 3.31. The molecule has 0 bridgehead atoms. The van der Waals surface area contributed by atoms with E-state index in [0.717, 1.165) is 49.4 Å². The molecule has 5 heteroatoms. The number of carbonyl (C=O) groups is 1. The second kappa shape index (κ2) is 7.91. The lowest BCUT2D eigenvalue weighted by Gasteiger charge is -2.38. The normalized spacial score (nSPS) is 16.4. The zero-order chi connectivity index (χ0) is 18.6. The first-order valence-corrected chi connectivity index (χ1v) is 9.65. The van der Waals surface area contributed by atoms with Crippen LogP contribution >= 0.6 is 0 Å². The highest BCUT2D eigenvalue weighted by Gasteiger charge is 2.25. The van der Waals surface area contributed by atoms with Crippen LogP contribution in [0, 0.1) is 0 Å². The molecule has 2 aromatic carbocycles. The maximum absolute atomic E-state index is 12.6. The van der Waals surface area contributed by atoms with E-state index in [9.17, 15) is 4.79 Å². The highest BCUT2D eigenvalue weighted by molar-refractivity contribution is 5.76. The predicted octanol–water partition coefficient (Wildman–Crippen LogP) is 3.48. The van der Waals surface area contributed by atoms with Gasteiger partial charge < -0.3 is 19.3 Å². The quantitative estimate of drug-likeness (QED) is 0.813. The van der Waals surface area contributed by atoms with Crippen LogP contribution < -0.4 is 14.4 Å². The second-order valence-electron chi connectivity index (χ2n) is 7.25. The van der Waals surface area contributed by atoms with Gasteiger partial charge in [-0.15, -0.1) is 0 Å². The van der Waals surface area contributed by atoms with Crippen LogP contribution in [0.5, 0.6) is 11.5 Å². The van der Waals surface area contributed by atoms with Crippen LogP contribution in [-0.4, -0.2) is 43.8 Å². The third-order valence-electron chi connectivity index (χ3n) is 5.59. The molecule has 0 saturated carbocycles. The molecule has 0 aliphatic carbocycles. The van der Waals surface area contributed by atoms with Gasteiger partial charge in [0.25, 0.3) is 0 Å². The first kappa shape index (κ1) is 17.7. The Morgan fingerprint density at radius 2 is 1.81 bits per heavy atom. The van der Waals surface area contributed by atoms with E-state index in [1.54, 1.807) is 0 Å². The third-order valence-corrected chi connectivity index (χ3v) is 5.59. The van der Waals surface area contributed by atoms with Crippen LogP contribution in [0.2, 0.25) is 0 Å². The Bertz CT molecular complexity index is 785. The smallest absolute Gasteiger partial charge is 0.231 e. The van der Waals surface area contributed by atoms with E-state index in [-0.39, 0.29) is 12.7 Å². The van der Waals surface area contributed by atoms with E-state index in [1.165, 1.54) is 5.69 Å². The van der Waals surface area contributed by atoms with Gasteiger partial charge >= 0.3 is 0 Å². The molecule has 4 rings (SSSR count). The fraction of sp³-hybridized carbons (Fsp3) is 0.409. The van der Waals surface area contributed by atoms with Crippen LogP contribution in [0.3, 0.4) is 0 Å². The van der Waals surface area contributed by atoms with Gasteiger partial charge in [0, 0.05) is 38.3 Å². The van der Waals surface area contributed by atoms with Gasteiger partial charge in [0.1, 0.15) is 0 Å². The SMILES string of the molecule is CN(c1ccccc1)C1CCN(C(=O)CCc2ccc3c(c2)OCO3)CC1. The van der Waals surface area contributed by atoms with Gasteiger partial charge in [0.2, 0.25) is 12.7 Å². The van der Waals surface area contributed by atoms with Crippen molar-refractivity contribution in [2.24, 2.45) is 0 Å². The molecular weight excluding hydrogens is 340 g/mol. The summed E-state index contributed by atoms with van der Waals surface area (Å²) in [5, 5.41) is 0. The maximum atomic E-state index is 12.6. The van der Waals surface area contributed by atoms with E-state index in [2.05, 4.69) is 36.2 Å². The standard InChI is InChI=1S/C22H26N2O3/c1-23(18-5-3-2-4-6-18)19-11-13-24(14-12-19)22(25)10-8-17-7-9-20-21(15-17)27-16-26-20/h2-7,9,15,19H,8,10-14,16H2,1H3. The Labute approximate surface area is 160 Å². The van der Waals surface area contributed by atoms with Crippen molar-refractivity contribution in [3.05, 3.63) is 54.1 Å². The number of piperidine rings is 1. The number of likely N-dealkylation sites (tertiary alicyclic amines) is 1. The zero-order valence-electron chi connectivity index (χ0n) is 15.8. The van der Waals surface area contributed by atoms with Gasteiger partial charge in [-0.25, -0.2) is 0 Å². The Balaban J connectivity index is 1.26. The molecule has 1 fully saturated rings. The molecule has 0 aromatic heterocycles. The Morgan fingerprint density at radius 3 is 2.59 bits per heavy atom. The van der Waals surface area contributed by atoms with Gasteiger partial charge in [-0.05, 0) is 49.1 Å².